The van der Waals surface area contributed by atoms with Crippen molar-refractivity contribution in [2.24, 2.45) is 11.8 Å². The Bertz CT molecular complexity index is 2470. The zero-order valence-corrected chi connectivity index (χ0v) is 35.2. The maximum Gasteiger partial charge on any atom is 0.407 e. The first-order chi connectivity index (χ1) is 29.4. The minimum Gasteiger partial charge on any atom is -0.491 e. The van der Waals surface area contributed by atoms with Crippen molar-refractivity contribution < 1.29 is 37.8 Å². The normalized spacial score (nSPS) is 18.4. The first kappa shape index (κ1) is 41.3. The molecule has 2 saturated heterocycles. The van der Waals surface area contributed by atoms with Crippen LogP contribution in [0.1, 0.15) is 77.1 Å². The Morgan fingerprint density at radius 2 is 1.30 bits per heavy atom. The monoisotopic (exact) mass is 837 g/mol. The molecule has 3 aliphatic heterocycles. The molecule has 4 amide bonds. The molecule has 4 N–H and O–H groups in total. The fraction of sp³-hybridized carbons (Fsp3) is 0.455. The third-order valence-corrected chi connectivity index (χ3v) is 12.1. The highest BCUT2D eigenvalue weighted by Gasteiger charge is 2.39. The predicted molar refractivity (Wildman–Crippen MR) is 224 cm³/mol. The van der Waals surface area contributed by atoms with Gasteiger partial charge in [0.05, 0.1) is 67.8 Å². The molecule has 16 nitrogen and oxygen atoms in total. The largest absolute Gasteiger partial charge is 0.491 e. The Kier molecular flexibility index (Phi) is 11.5. The first-order valence-electron chi connectivity index (χ1n) is 20.9. The lowest BCUT2D eigenvalue weighted by molar-refractivity contribution is -0.136. The van der Waals surface area contributed by atoms with Crippen LogP contribution in [-0.4, -0.2) is 104 Å². The molecular formula is C44H52FN9O7. The SMILES string of the molecule is COC(=O)NC(C(=O)N1CCCC1c1ncc(-c2ccc3c(c2)c(F)c2n3CCOc3cc(-c4cnc(C5CCCN5C(=O)[C@@H](NC(=O)OC)C(C)C)[nH]4)ccc3-2)[nH]1)C(C)C. The van der Waals surface area contributed by atoms with E-state index in [9.17, 15) is 19.2 Å². The molecule has 4 atom stereocenters. The summed E-state index contributed by atoms with van der Waals surface area (Å²) in [5.41, 5.74) is 4.76. The van der Waals surface area contributed by atoms with Gasteiger partial charge in [-0.1, -0.05) is 39.8 Å². The van der Waals surface area contributed by atoms with E-state index in [1.165, 1.54) is 14.2 Å². The van der Waals surface area contributed by atoms with E-state index < -0.39 is 24.3 Å². The van der Waals surface area contributed by atoms with Gasteiger partial charge in [-0.2, -0.15) is 0 Å². The number of rotatable bonds is 10. The third-order valence-electron chi connectivity index (χ3n) is 12.1. The summed E-state index contributed by atoms with van der Waals surface area (Å²) >= 11 is 0. The second-order valence-corrected chi connectivity index (χ2v) is 16.6. The molecule has 8 rings (SSSR count). The highest BCUT2D eigenvalue weighted by Crippen LogP contribution is 2.42. The van der Waals surface area contributed by atoms with Crippen LogP contribution in [0, 0.1) is 17.7 Å². The van der Waals surface area contributed by atoms with Crippen molar-refractivity contribution in [3.05, 3.63) is 66.3 Å². The van der Waals surface area contributed by atoms with E-state index in [0.29, 0.717) is 72.4 Å². The summed E-state index contributed by atoms with van der Waals surface area (Å²) in [6.45, 7) is 9.34. The van der Waals surface area contributed by atoms with Crippen molar-refractivity contribution >= 4 is 34.9 Å². The molecule has 0 bridgehead atoms. The number of fused-ring (bicyclic) bond motifs is 5. The van der Waals surface area contributed by atoms with Crippen molar-refractivity contribution in [3.63, 3.8) is 0 Å². The summed E-state index contributed by atoms with van der Waals surface area (Å²) in [7, 11) is 2.54. The number of amides is 4. The van der Waals surface area contributed by atoms with Gasteiger partial charge in [0.1, 0.15) is 36.1 Å². The Morgan fingerprint density at radius 3 is 1.82 bits per heavy atom. The predicted octanol–water partition coefficient (Wildman–Crippen LogP) is 6.71. The number of ether oxygens (including phenoxy) is 3. The topological polar surface area (TPSA) is 189 Å². The average Bonchev–Trinajstić information content (AvgIpc) is 4.11. The summed E-state index contributed by atoms with van der Waals surface area (Å²) in [6.07, 6.45) is 5.15. The van der Waals surface area contributed by atoms with Crippen LogP contribution < -0.4 is 15.4 Å². The van der Waals surface area contributed by atoms with E-state index in [0.717, 1.165) is 41.6 Å². The second kappa shape index (κ2) is 16.9. The Hall–Kier alpha value is -6.39. The van der Waals surface area contributed by atoms with E-state index in [2.05, 4.69) is 30.6 Å². The quantitative estimate of drug-likeness (QED) is 0.119. The van der Waals surface area contributed by atoms with Gasteiger partial charge in [0.2, 0.25) is 11.8 Å². The highest BCUT2D eigenvalue weighted by molar-refractivity contribution is 5.93. The number of H-pyrrole nitrogens is 2. The van der Waals surface area contributed by atoms with Gasteiger partial charge in [0.15, 0.2) is 5.82 Å². The third kappa shape index (κ3) is 7.76. The molecule has 3 aromatic heterocycles. The molecule has 0 radical (unpaired) electrons. The van der Waals surface area contributed by atoms with Gasteiger partial charge < -0.3 is 49.2 Å². The molecule has 2 fully saturated rings. The van der Waals surface area contributed by atoms with Gasteiger partial charge in [0, 0.05) is 35.2 Å². The van der Waals surface area contributed by atoms with Crippen molar-refractivity contribution in [3.8, 4) is 39.5 Å². The highest BCUT2D eigenvalue weighted by atomic mass is 19.1. The summed E-state index contributed by atoms with van der Waals surface area (Å²) in [5, 5.41) is 5.82. The lowest BCUT2D eigenvalue weighted by Gasteiger charge is -2.30. The lowest BCUT2D eigenvalue weighted by Crippen LogP contribution is -2.51. The molecule has 6 heterocycles. The number of imidazole rings is 2. The number of nitrogens with zero attached hydrogens (tertiary/aromatic N) is 5. The van der Waals surface area contributed by atoms with Gasteiger partial charge >= 0.3 is 12.2 Å². The van der Waals surface area contributed by atoms with Gasteiger partial charge in [-0.05, 0) is 61.8 Å². The Labute approximate surface area is 352 Å². The summed E-state index contributed by atoms with van der Waals surface area (Å²) in [4.78, 5) is 71.1. The molecule has 3 unspecified atom stereocenters. The fourth-order valence-electron chi connectivity index (χ4n) is 8.92. The van der Waals surface area contributed by atoms with Gasteiger partial charge in [-0.15, -0.1) is 0 Å². The molecule has 0 aliphatic carbocycles. The number of benzene rings is 2. The van der Waals surface area contributed by atoms with Crippen LogP contribution >= 0.6 is 0 Å². The van der Waals surface area contributed by atoms with Crippen LogP contribution in [0.15, 0.2) is 48.8 Å². The number of alkyl carbamates (subject to hydrolysis) is 2. The molecule has 17 heteroatoms. The maximum absolute atomic E-state index is 16.7. The van der Waals surface area contributed by atoms with E-state index in [1.54, 1.807) is 22.2 Å². The molecule has 322 valence electrons. The van der Waals surface area contributed by atoms with Crippen LogP contribution in [0.3, 0.4) is 0 Å². The lowest BCUT2D eigenvalue weighted by atomic mass is 10.0. The molecule has 61 heavy (non-hydrogen) atoms. The Balaban J connectivity index is 1.03. The van der Waals surface area contributed by atoms with Crippen LogP contribution in [-0.2, 0) is 25.6 Å². The first-order valence-corrected chi connectivity index (χ1v) is 20.9. The number of aromatic amines is 2. The number of carbonyl (C=O) groups excluding carboxylic acids is 4. The zero-order valence-electron chi connectivity index (χ0n) is 35.2. The van der Waals surface area contributed by atoms with Gasteiger partial charge in [-0.25, -0.2) is 23.9 Å². The number of hydrogen-bond donors (Lipinski definition) is 4. The average molecular weight is 838 g/mol. The number of methoxy groups -OCH3 is 2. The molecule has 2 aromatic carbocycles. The molecule has 5 aromatic rings. The Morgan fingerprint density at radius 1 is 0.770 bits per heavy atom. The number of halogens is 1. The van der Waals surface area contributed by atoms with Crippen LogP contribution in [0.5, 0.6) is 5.75 Å². The number of likely N-dealkylation sites (tertiary alicyclic amines) is 2. The van der Waals surface area contributed by atoms with Crippen LogP contribution in [0.25, 0.3) is 44.7 Å². The van der Waals surface area contributed by atoms with Crippen molar-refractivity contribution in [2.75, 3.05) is 33.9 Å². The summed E-state index contributed by atoms with van der Waals surface area (Å²) in [5.74, 6) is 0.769. The minimum atomic E-state index is -0.743. The molecular weight excluding hydrogens is 786 g/mol. The summed E-state index contributed by atoms with van der Waals surface area (Å²) < 4.78 is 34.5. The smallest absolute Gasteiger partial charge is 0.407 e. The van der Waals surface area contributed by atoms with Crippen LogP contribution in [0.2, 0.25) is 0 Å². The van der Waals surface area contributed by atoms with Gasteiger partial charge in [-0.3, -0.25) is 9.59 Å². The molecule has 0 spiro atoms. The number of aromatic nitrogens is 5. The maximum atomic E-state index is 16.7. The summed E-state index contributed by atoms with van der Waals surface area (Å²) in [6, 6.07) is 9.25. The van der Waals surface area contributed by atoms with Crippen molar-refractivity contribution in [1.82, 2.24) is 44.9 Å². The van der Waals surface area contributed by atoms with E-state index in [-0.39, 0.29) is 41.6 Å². The molecule has 0 saturated carbocycles. The van der Waals surface area contributed by atoms with Crippen molar-refractivity contribution in [2.45, 2.75) is 84.1 Å². The van der Waals surface area contributed by atoms with E-state index in [4.69, 9.17) is 14.2 Å². The van der Waals surface area contributed by atoms with Gasteiger partial charge in [0.25, 0.3) is 0 Å². The van der Waals surface area contributed by atoms with E-state index >= 15 is 4.39 Å². The standard InChI is InChI=1S/C44H52FN9O7/c1-23(2)36(50-43(57)59-5)41(55)53-15-7-9-32(53)39-46-21-29(48-39)25-12-14-31-28(19-25)35(45)38-27-13-11-26(20-34(27)61-18-17-52(31)38)30-22-47-40(49-30)33-10-8-16-54(33)42(56)37(24(3)4)51-44(58)60-6/h11-14,19-24,32-33,36-37H,7-10,15-18H2,1-6H3,(H,46,48)(H,47,49)(H,50,57)(H,51,58)/t32?,33?,36?,37-/m0/s1. The zero-order chi connectivity index (χ0) is 43.1. The number of nitrogens with one attached hydrogen (secondary N) is 4. The number of carbonyl (C=O) groups is 4. The number of hydrogen-bond acceptors (Lipinski definition) is 9. The van der Waals surface area contributed by atoms with E-state index in [1.807, 2.05) is 68.7 Å². The second-order valence-electron chi connectivity index (χ2n) is 16.6. The minimum absolute atomic E-state index is 0.147. The van der Waals surface area contributed by atoms with Crippen molar-refractivity contribution in [1.29, 1.82) is 0 Å². The fourth-order valence-corrected chi connectivity index (χ4v) is 8.92. The molecule has 3 aliphatic rings. The van der Waals surface area contributed by atoms with Crippen LogP contribution in [0.4, 0.5) is 14.0 Å².